The van der Waals surface area contributed by atoms with Gasteiger partial charge in [0.05, 0.1) is 11.2 Å². The number of aromatic nitrogens is 2. The summed E-state index contributed by atoms with van der Waals surface area (Å²) < 4.78 is 5.09. The average Bonchev–Trinajstić information content (AvgIpc) is 3.33. The Morgan fingerprint density at radius 3 is 2.63 bits per heavy atom. The summed E-state index contributed by atoms with van der Waals surface area (Å²) in [6.45, 7) is 2.07. The maximum absolute atomic E-state index is 13.4. The molecule has 0 atom stereocenters. The Balaban J connectivity index is 1.88. The summed E-state index contributed by atoms with van der Waals surface area (Å²) in [5.74, 6) is 1.68. The van der Waals surface area contributed by atoms with Gasteiger partial charge in [-0.3, -0.25) is 10.1 Å². The fraction of sp³-hybridized carbons (Fsp3) is 0.500. The van der Waals surface area contributed by atoms with Crippen LogP contribution in [0.3, 0.4) is 0 Å². The van der Waals surface area contributed by atoms with Crippen molar-refractivity contribution >= 4 is 35.1 Å². The van der Waals surface area contributed by atoms with Gasteiger partial charge in [-0.2, -0.15) is 26.2 Å². The Bertz CT molecular complexity index is 925. The highest BCUT2D eigenvalue weighted by Gasteiger charge is 2.47. The number of nitrogens with zero attached hydrogens (tertiary/aromatic N) is 5. The Labute approximate surface area is 176 Å². The van der Waals surface area contributed by atoms with Gasteiger partial charge in [0.2, 0.25) is 11.6 Å². The van der Waals surface area contributed by atoms with Crippen molar-refractivity contribution in [3.8, 4) is 0 Å². The van der Waals surface area contributed by atoms with E-state index in [1.807, 2.05) is 4.90 Å². The van der Waals surface area contributed by atoms with Gasteiger partial charge in [0, 0.05) is 37.7 Å². The van der Waals surface area contributed by atoms with Gasteiger partial charge in [-0.1, -0.05) is 6.61 Å². The standard InChI is InChI=1S/C18H22N6O5S/c25-12-13-15(23(27)28)16(22-5-10-30-11-6-22)21-18(20-13)24(7-3-19-4-8-24)17(26)14-2-1-9-29-14/h1-2,9,19H,3-8,10-12H2. The van der Waals surface area contributed by atoms with E-state index in [-0.39, 0.29) is 39.3 Å². The second-order valence-corrected chi connectivity index (χ2v) is 8.32. The van der Waals surface area contributed by atoms with Crippen LogP contribution >= 0.6 is 11.8 Å². The SMILES string of the molecule is O=C(c1ccco1)[N+]1(c2nc(C[O-])c([N+](=O)[O-])c(N3CCSCC3)n2)CCNCC1. The molecule has 2 aliphatic heterocycles. The van der Waals surface area contributed by atoms with Gasteiger partial charge in [-0.15, -0.1) is 0 Å². The van der Waals surface area contributed by atoms with E-state index < -0.39 is 11.5 Å². The van der Waals surface area contributed by atoms with E-state index in [1.165, 1.54) is 6.26 Å². The number of rotatable bonds is 5. The van der Waals surface area contributed by atoms with E-state index in [0.717, 1.165) is 11.5 Å². The van der Waals surface area contributed by atoms with Gasteiger partial charge < -0.3 is 19.7 Å². The first-order valence-electron chi connectivity index (χ1n) is 9.69. The number of thioether (sulfide) groups is 1. The summed E-state index contributed by atoms with van der Waals surface area (Å²) in [4.78, 5) is 35.3. The van der Waals surface area contributed by atoms with Crippen LogP contribution < -0.4 is 19.8 Å². The highest BCUT2D eigenvalue weighted by molar-refractivity contribution is 7.99. The molecule has 2 aromatic rings. The zero-order valence-corrected chi connectivity index (χ0v) is 17.1. The van der Waals surface area contributed by atoms with Gasteiger partial charge in [0.15, 0.2) is 0 Å². The number of furan rings is 1. The Kier molecular flexibility index (Phi) is 5.99. The minimum absolute atomic E-state index is 0.113. The molecule has 0 saturated carbocycles. The molecule has 4 heterocycles. The number of quaternary nitrogens is 1. The lowest BCUT2D eigenvalue weighted by molar-refractivity contribution is -0.403. The second kappa shape index (κ2) is 8.68. The first kappa shape index (κ1) is 20.7. The number of carbonyl (C=O) groups is 1. The number of hydrogen-bond acceptors (Lipinski definition) is 10. The Morgan fingerprint density at radius 2 is 2.03 bits per heavy atom. The van der Waals surface area contributed by atoms with Gasteiger partial charge in [0.25, 0.3) is 0 Å². The summed E-state index contributed by atoms with van der Waals surface area (Å²) in [6, 6.07) is 3.20. The number of piperazine rings is 1. The lowest BCUT2D eigenvalue weighted by Gasteiger charge is -2.36. The zero-order valence-electron chi connectivity index (χ0n) is 16.3. The highest BCUT2D eigenvalue weighted by atomic mass is 32.2. The van der Waals surface area contributed by atoms with E-state index in [9.17, 15) is 20.0 Å². The van der Waals surface area contributed by atoms with Crippen LogP contribution in [0.15, 0.2) is 22.8 Å². The van der Waals surface area contributed by atoms with E-state index in [2.05, 4.69) is 15.3 Å². The summed E-state index contributed by atoms with van der Waals surface area (Å²) >= 11 is 1.76. The predicted molar refractivity (Wildman–Crippen MR) is 109 cm³/mol. The number of hydrogen-bond donors (Lipinski definition) is 1. The fourth-order valence-corrected chi connectivity index (χ4v) is 4.73. The molecule has 4 rings (SSSR count). The van der Waals surface area contributed by atoms with Gasteiger partial charge in [0.1, 0.15) is 18.8 Å². The Hall–Kier alpha value is -2.54. The summed E-state index contributed by atoms with van der Waals surface area (Å²) in [5, 5.41) is 26.9. The molecule has 160 valence electrons. The first-order chi connectivity index (χ1) is 14.6. The molecule has 1 amide bonds. The van der Waals surface area contributed by atoms with Crippen molar-refractivity contribution in [3.05, 3.63) is 40.0 Å². The van der Waals surface area contributed by atoms with Crippen LogP contribution in [0.2, 0.25) is 0 Å². The molecule has 2 saturated heterocycles. The molecular weight excluding hydrogens is 412 g/mol. The minimum Gasteiger partial charge on any atom is -0.850 e. The van der Waals surface area contributed by atoms with Gasteiger partial charge in [-0.25, -0.2) is 4.79 Å². The van der Waals surface area contributed by atoms with Crippen LogP contribution in [0, 0.1) is 10.1 Å². The third-order valence-electron chi connectivity index (χ3n) is 5.40. The molecule has 0 spiro atoms. The van der Waals surface area contributed by atoms with Crippen molar-refractivity contribution in [3.63, 3.8) is 0 Å². The number of carbonyl (C=O) groups excluding carboxylic acids is 1. The largest absolute Gasteiger partial charge is 0.850 e. The first-order valence-corrected chi connectivity index (χ1v) is 10.8. The van der Waals surface area contributed by atoms with Gasteiger partial charge >= 0.3 is 17.5 Å². The van der Waals surface area contributed by atoms with Crippen LogP contribution in [0.1, 0.15) is 16.2 Å². The molecule has 0 bridgehead atoms. The van der Waals surface area contributed by atoms with Crippen molar-refractivity contribution in [1.82, 2.24) is 19.8 Å². The quantitative estimate of drug-likeness (QED) is 0.393. The molecule has 1 N–H and O–H groups in total. The third-order valence-corrected chi connectivity index (χ3v) is 6.34. The summed E-state index contributed by atoms with van der Waals surface area (Å²) in [5.41, 5.74) is -0.555. The van der Waals surface area contributed by atoms with Crippen LogP contribution in [0.25, 0.3) is 0 Å². The zero-order chi connectivity index (χ0) is 21.1. The normalized spacial score (nSPS) is 18.9. The van der Waals surface area contributed by atoms with Crippen LogP contribution in [0.5, 0.6) is 0 Å². The Morgan fingerprint density at radius 1 is 1.30 bits per heavy atom. The van der Waals surface area contributed by atoms with Crippen molar-refractivity contribution in [1.29, 1.82) is 0 Å². The molecule has 0 aliphatic carbocycles. The molecule has 0 radical (unpaired) electrons. The van der Waals surface area contributed by atoms with Crippen molar-refractivity contribution in [2.24, 2.45) is 0 Å². The topological polar surface area (TPSA) is 137 Å². The lowest BCUT2D eigenvalue weighted by atomic mass is 10.2. The maximum Gasteiger partial charge on any atom is 0.389 e. The predicted octanol–water partition coefficient (Wildman–Crippen LogP) is 0.142. The summed E-state index contributed by atoms with van der Waals surface area (Å²) in [7, 11) is 0. The molecule has 11 nitrogen and oxygen atoms in total. The van der Waals surface area contributed by atoms with E-state index in [1.54, 1.807) is 23.9 Å². The number of amides is 1. The molecule has 2 fully saturated rings. The molecule has 30 heavy (non-hydrogen) atoms. The second-order valence-electron chi connectivity index (χ2n) is 7.09. The smallest absolute Gasteiger partial charge is 0.389 e. The summed E-state index contributed by atoms with van der Waals surface area (Å²) in [6.07, 6.45) is 1.42. The van der Waals surface area contributed by atoms with Crippen molar-refractivity contribution in [2.45, 2.75) is 6.61 Å². The maximum atomic E-state index is 13.4. The van der Waals surface area contributed by atoms with Crippen molar-refractivity contribution < 1.29 is 19.2 Å². The van der Waals surface area contributed by atoms with Crippen molar-refractivity contribution in [2.75, 3.05) is 55.7 Å². The third kappa shape index (κ3) is 3.67. The van der Waals surface area contributed by atoms with Crippen LogP contribution in [-0.4, -0.2) is 71.6 Å². The number of anilines is 1. The molecule has 12 heteroatoms. The molecule has 0 aromatic carbocycles. The number of nitro groups is 1. The number of nitrogens with one attached hydrogen (secondary N) is 1. The molecule has 2 aliphatic rings. The van der Waals surface area contributed by atoms with E-state index in [4.69, 9.17) is 4.42 Å². The minimum atomic E-state index is -0.866. The highest BCUT2D eigenvalue weighted by Crippen LogP contribution is 2.35. The fourth-order valence-electron chi connectivity index (χ4n) is 3.83. The average molecular weight is 434 g/mol. The monoisotopic (exact) mass is 434 g/mol. The van der Waals surface area contributed by atoms with Gasteiger partial charge in [-0.05, 0) is 12.1 Å². The molecular formula is C18H22N6O5S. The van der Waals surface area contributed by atoms with E-state index >= 15 is 0 Å². The molecule has 2 aromatic heterocycles. The van der Waals surface area contributed by atoms with Crippen LogP contribution in [0.4, 0.5) is 17.5 Å². The van der Waals surface area contributed by atoms with Crippen LogP contribution in [-0.2, 0) is 6.61 Å². The lowest BCUT2D eigenvalue weighted by Crippen LogP contribution is -2.64. The van der Waals surface area contributed by atoms with E-state index in [0.29, 0.717) is 39.3 Å². The molecule has 0 unspecified atom stereocenters.